The third kappa shape index (κ3) is 2.89. The third-order valence-electron chi connectivity index (χ3n) is 3.95. The number of para-hydroxylation sites is 2. The van der Waals surface area contributed by atoms with Crippen LogP contribution in [0.2, 0.25) is 0 Å². The molecule has 1 aliphatic rings. The Hall–Kier alpha value is -1.55. The highest BCUT2D eigenvalue weighted by atomic mass is 16.5. The van der Waals surface area contributed by atoms with Crippen molar-refractivity contribution in [3.63, 3.8) is 0 Å². The van der Waals surface area contributed by atoms with Crippen LogP contribution in [0.25, 0.3) is 11.0 Å². The first-order valence-corrected chi connectivity index (χ1v) is 7.06. The number of aromatic amines is 1. The maximum atomic E-state index is 5.40. The zero-order chi connectivity index (χ0) is 13.1. The number of anilines is 1. The number of fused-ring (bicyclic) bond motifs is 1. The molecule has 2 heterocycles. The van der Waals surface area contributed by atoms with Crippen LogP contribution in [-0.4, -0.2) is 36.8 Å². The summed E-state index contributed by atoms with van der Waals surface area (Å²) in [5.41, 5.74) is 2.14. The van der Waals surface area contributed by atoms with Crippen LogP contribution in [0.1, 0.15) is 19.3 Å². The molecular weight excluding hydrogens is 238 g/mol. The summed E-state index contributed by atoms with van der Waals surface area (Å²) in [6.07, 6.45) is 3.62. The Balaban J connectivity index is 1.61. The zero-order valence-electron chi connectivity index (χ0n) is 11.4. The monoisotopic (exact) mass is 259 g/mol. The quantitative estimate of drug-likeness (QED) is 0.918. The molecule has 0 bridgehead atoms. The van der Waals surface area contributed by atoms with Crippen LogP contribution in [0.5, 0.6) is 0 Å². The van der Waals surface area contributed by atoms with Gasteiger partial charge in [-0.2, -0.15) is 0 Å². The molecule has 3 rings (SSSR count). The molecule has 0 radical (unpaired) electrons. The minimum absolute atomic E-state index is 0.806. The van der Waals surface area contributed by atoms with Crippen LogP contribution in [0, 0.1) is 5.92 Å². The summed E-state index contributed by atoms with van der Waals surface area (Å²) in [7, 11) is 2.11. The van der Waals surface area contributed by atoms with Gasteiger partial charge in [0.25, 0.3) is 0 Å². The lowest BCUT2D eigenvalue weighted by atomic mass is 9.96. The van der Waals surface area contributed by atoms with Gasteiger partial charge in [0, 0.05) is 26.8 Å². The van der Waals surface area contributed by atoms with E-state index in [1.54, 1.807) is 0 Å². The van der Waals surface area contributed by atoms with Gasteiger partial charge in [-0.25, -0.2) is 4.98 Å². The molecule has 1 N–H and O–H groups in total. The van der Waals surface area contributed by atoms with Crippen LogP contribution in [0.4, 0.5) is 5.95 Å². The normalized spacial score (nSPS) is 16.9. The van der Waals surface area contributed by atoms with Gasteiger partial charge in [0.2, 0.25) is 5.95 Å². The second-order valence-corrected chi connectivity index (χ2v) is 5.34. The summed E-state index contributed by atoms with van der Waals surface area (Å²) < 4.78 is 5.40. The van der Waals surface area contributed by atoms with Crippen molar-refractivity contribution in [3.05, 3.63) is 24.3 Å². The molecule has 102 valence electrons. The van der Waals surface area contributed by atoms with Crippen molar-refractivity contribution >= 4 is 17.0 Å². The van der Waals surface area contributed by atoms with Crippen LogP contribution >= 0.6 is 0 Å². The zero-order valence-corrected chi connectivity index (χ0v) is 11.4. The first-order valence-electron chi connectivity index (χ1n) is 7.06. The van der Waals surface area contributed by atoms with E-state index in [0.717, 1.165) is 42.7 Å². The second kappa shape index (κ2) is 5.61. The van der Waals surface area contributed by atoms with Crippen molar-refractivity contribution in [1.82, 2.24) is 9.97 Å². The fraction of sp³-hybridized carbons (Fsp3) is 0.533. The van der Waals surface area contributed by atoms with Gasteiger partial charge >= 0.3 is 0 Å². The molecule has 1 aromatic heterocycles. The highest BCUT2D eigenvalue weighted by Crippen LogP contribution is 2.21. The Morgan fingerprint density at radius 1 is 1.32 bits per heavy atom. The average Bonchev–Trinajstić information content (AvgIpc) is 2.90. The number of hydrogen-bond donors (Lipinski definition) is 1. The second-order valence-electron chi connectivity index (χ2n) is 5.34. The predicted molar refractivity (Wildman–Crippen MR) is 77.5 cm³/mol. The molecule has 0 amide bonds. The number of benzene rings is 1. The minimum Gasteiger partial charge on any atom is -0.381 e. The van der Waals surface area contributed by atoms with Crippen LogP contribution in [-0.2, 0) is 4.74 Å². The number of ether oxygens (including phenoxy) is 1. The molecule has 1 aliphatic heterocycles. The smallest absolute Gasteiger partial charge is 0.203 e. The predicted octanol–water partition coefficient (Wildman–Crippen LogP) is 2.82. The number of rotatable bonds is 4. The van der Waals surface area contributed by atoms with E-state index in [-0.39, 0.29) is 0 Å². The van der Waals surface area contributed by atoms with Crippen molar-refractivity contribution in [3.8, 4) is 0 Å². The minimum atomic E-state index is 0.806. The number of imidazole rings is 1. The van der Waals surface area contributed by atoms with E-state index in [1.807, 2.05) is 18.2 Å². The van der Waals surface area contributed by atoms with Gasteiger partial charge in [-0.3, -0.25) is 0 Å². The van der Waals surface area contributed by atoms with Crippen molar-refractivity contribution in [2.75, 3.05) is 31.7 Å². The van der Waals surface area contributed by atoms with Gasteiger partial charge < -0.3 is 14.6 Å². The number of nitrogens with zero attached hydrogens (tertiary/aromatic N) is 2. The molecule has 1 saturated heterocycles. The molecule has 1 aromatic carbocycles. The van der Waals surface area contributed by atoms with Gasteiger partial charge in [-0.05, 0) is 37.3 Å². The SMILES string of the molecule is CN(CCC1CCOCC1)c1nc2ccccc2[nH]1. The maximum Gasteiger partial charge on any atom is 0.203 e. The Labute approximate surface area is 113 Å². The van der Waals surface area contributed by atoms with Crippen molar-refractivity contribution in [1.29, 1.82) is 0 Å². The molecule has 0 spiro atoms. The van der Waals surface area contributed by atoms with E-state index in [0.29, 0.717) is 0 Å². The summed E-state index contributed by atoms with van der Waals surface area (Å²) in [6.45, 7) is 2.91. The van der Waals surface area contributed by atoms with E-state index in [2.05, 4.69) is 28.0 Å². The largest absolute Gasteiger partial charge is 0.381 e. The molecule has 19 heavy (non-hydrogen) atoms. The molecule has 0 unspecified atom stereocenters. The van der Waals surface area contributed by atoms with E-state index < -0.39 is 0 Å². The highest BCUT2D eigenvalue weighted by Gasteiger charge is 2.15. The Kier molecular flexibility index (Phi) is 3.69. The van der Waals surface area contributed by atoms with Crippen LogP contribution < -0.4 is 4.90 Å². The van der Waals surface area contributed by atoms with Gasteiger partial charge in [0.15, 0.2) is 0 Å². The van der Waals surface area contributed by atoms with Gasteiger partial charge in [0.1, 0.15) is 0 Å². The first-order chi connectivity index (χ1) is 9.33. The molecular formula is C15H21N3O. The molecule has 0 saturated carbocycles. The Morgan fingerprint density at radius 2 is 2.11 bits per heavy atom. The molecule has 1 fully saturated rings. The fourth-order valence-corrected chi connectivity index (χ4v) is 2.64. The number of aromatic nitrogens is 2. The van der Waals surface area contributed by atoms with E-state index in [4.69, 9.17) is 4.74 Å². The summed E-state index contributed by atoms with van der Waals surface area (Å²) in [5.74, 6) is 1.77. The van der Waals surface area contributed by atoms with E-state index in [9.17, 15) is 0 Å². The molecule has 0 atom stereocenters. The highest BCUT2D eigenvalue weighted by molar-refractivity contribution is 5.77. The molecule has 2 aromatic rings. The third-order valence-corrected chi connectivity index (χ3v) is 3.95. The standard InChI is InChI=1S/C15H21N3O/c1-18(9-6-12-7-10-19-11-8-12)15-16-13-4-2-3-5-14(13)17-15/h2-5,12H,6-11H2,1H3,(H,16,17). The lowest BCUT2D eigenvalue weighted by Crippen LogP contribution is -2.24. The molecule has 4 nitrogen and oxygen atoms in total. The van der Waals surface area contributed by atoms with E-state index in [1.165, 1.54) is 19.3 Å². The van der Waals surface area contributed by atoms with Crippen molar-refractivity contribution in [2.45, 2.75) is 19.3 Å². The van der Waals surface area contributed by atoms with Crippen molar-refractivity contribution < 1.29 is 4.74 Å². The van der Waals surface area contributed by atoms with Crippen LogP contribution in [0.3, 0.4) is 0 Å². The van der Waals surface area contributed by atoms with Crippen molar-refractivity contribution in [2.24, 2.45) is 5.92 Å². The number of nitrogens with one attached hydrogen (secondary N) is 1. The van der Waals surface area contributed by atoms with Crippen LogP contribution in [0.15, 0.2) is 24.3 Å². The summed E-state index contributed by atoms with van der Waals surface area (Å²) in [4.78, 5) is 10.2. The van der Waals surface area contributed by atoms with Gasteiger partial charge in [-0.1, -0.05) is 12.1 Å². The topological polar surface area (TPSA) is 41.1 Å². The van der Waals surface area contributed by atoms with Gasteiger partial charge in [0.05, 0.1) is 11.0 Å². The first kappa shape index (κ1) is 12.5. The van der Waals surface area contributed by atoms with Gasteiger partial charge in [-0.15, -0.1) is 0 Å². The number of H-pyrrole nitrogens is 1. The summed E-state index contributed by atoms with van der Waals surface area (Å²) >= 11 is 0. The molecule has 4 heteroatoms. The summed E-state index contributed by atoms with van der Waals surface area (Å²) in [6, 6.07) is 8.17. The lowest BCUT2D eigenvalue weighted by molar-refractivity contribution is 0.0645. The van der Waals surface area contributed by atoms with E-state index >= 15 is 0 Å². The Morgan fingerprint density at radius 3 is 2.89 bits per heavy atom. The molecule has 0 aliphatic carbocycles. The lowest BCUT2D eigenvalue weighted by Gasteiger charge is -2.24. The number of hydrogen-bond acceptors (Lipinski definition) is 3. The summed E-state index contributed by atoms with van der Waals surface area (Å²) in [5, 5.41) is 0. The average molecular weight is 259 g/mol. The Bertz CT molecular complexity index is 498. The maximum absolute atomic E-state index is 5.40. The fourth-order valence-electron chi connectivity index (χ4n) is 2.64.